The van der Waals surface area contributed by atoms with E-state index >= 15 is 0 Å². The third kappa shape index (κ3) is 5.85. The van der Waals surface area contributed by atoms with E-state index in [2.05, 4.69) is 30.8 Å². The molecule has 4 N–H and O–H groups in total. The van der Waals surface area contributed by atoms with Gasteiger partial charge in [-0.2, -0.15) is 13.2 Å². The van der Waals surface area contributed by atoms with Gasteiger partial charge in [-0.3, -0.25) is 9.69 Å². The SMILES string of the molecule is O=C(O)NCC1CCC(N2CC(NC(=O)CNc3ncnc4ccc(C(F)(F)F)cc34)C2)CC1. The second-order valence-electron chi connectivity index (χ2n) is 8.88. The van der Waals surface area contributed by atoms with E-state index in [-0.39, 0.29) is 29.7 Å². The molecule has 1 saturated carbocycles. The van der Waals surface area contributed by atoms with Gasteiger partial charge < -0.3 is 21.1 Å². The number of nitrogens with one attached hydrogen (secondary N) is 3. The molecule has 0 radical (unpaired) electrons. The fourth-order valence-corrected chi connectivity index (χ4v) is 4.66. The first-order valence-electron chi connectivity index (χ1n) is 11.2. The van der Waals surface area contributed by atoms with Crippen molar-refractivity contribution in [2.24, 2.45) is 5.92 Å². The molecular formula is C22H27F3N6O3. The number of aromatic nitrogens is 2. The van der Waals surface area contributed by atoms with Gasteiger partial charge in [-0.15, -0.1) is 0 Å². The molecular weight excluding hydrogens is 453 g/mol. The van der Waals surface area contributed by atoms with Gasteiger partial charge in [0.15, 0.2) is 0 Å². The van der Waals surface area contributed by atoms with Gasteiger partial charge in [0.05, 0.1) is 23.7 Å². The number of fused-ring (bicyclic) bond motifs is 1. The molecule has 184 valence electrons. The Morgan fingerprint density at radius 1 is 1.12 bits per heavy atom. The molecule has 1 aromatic heterocycles. The smallest absolute Gasteiger partial charge is 0.416 e. The van der Waals surface area contributed by atoms with Crippen LogP contribution < -0.4 is 16.0 Å². The normalized spacial score (nSPS) is 21.6. The summed E-state index contributed by atoms with van der Waals surface area (Å²) in [5, 5.41) is 17.1. The molecule has 34 heavy (non-hydrogen) atoms. The van der Waals surface area contributed by atoms with Crippen LogP contribution in [0, 0.1) is 5.92 Å². The summed E-state index contributed by atoms with van der Waals surface area (Å²) in [7, 11) is 0. The Hall–Kier alpha value is -3.15. The number of carbonyl (C=O) groups is 2. The zero-order chi connectivity index (χ0) is 24.3. The third-order valence-electron chi connectivity index (χ3n) is 6.53. The van der Waals surface area contributed by atoms with E-state index in [0.29, 0.717) is 24.0 Å². The van der Waals surface area contributed by atoms with Crippen LogP contribution >= 0.6 is 0 Å². The van der Waals surface area contributed by atoms with Crippen LogP contribution in [-0.2, 0) is 11.0 Å². The standard InChI is InChI=1S/C22H27F3N6O3/c23-22(24,25)14-3-6-18-17(7-14)20(29-12-28-18)26-9-19(32)30-15-10-31(11-15)16-4-1-13(2-5-16)8-27-21(33)34/h3,6-7,12-13,15-16,27H,1-2,4-5,8-11H2,(H,30,32)(H,33,34)(H,26,28,29). The van der Waals surface area contributed by atoms with Gasteiger partial charge in [-0.25, -0.2) is 14.8 Å². The second-order valence-corrected chi connectivity index (χ2v) is 8.88. The van der Waals surface area contributed by atoms with E-state index in [1.165, 1.54) is 12.4 Å². The molecule has 2 heterocycles. The first kappa shape index (κ1) is 24.0. The molecule has 2 aliphatic rings. The van der Waals surface area contributed by atoms with Gasteiger partial charge in [0, 0.05) is 31.1 Å². The first-order chi connectivity index (χ1) is 16.2. The summed E-state index contributed by atoms with van der Waals surface area (Å²) in [6, 6.07) is 3.70. The maximum absolute atomic E-state index is 13.0. The zero-order valence-corrected chi connectivity index (χ0v) is 18.4. The molecule has 1 aromatic carbocycles. The number of likely N-dealkylation sites (tertiary alicyclic amines) is 1. The molecule has 2 fully saturated rings. The Balaban J connectivity index is 1.22. The minimum Gasteiger partial charge on any atom is -0.465 e. The second kappa shape index (κ2) is 10.00. The highest BCUT2D eigenvalue weighted by Crippen LogP contribution is 2.32. The summed E-state index contributed by atoms with van der Waals surface area (Å²) in [6.07, 6.45) is -0.257. The van der Waals surface area contributed by atoms with Gasteiger partial charge in [0.2, 0.25) is 5.91 Å². The average molecular weight is 480 g/mol. The summed E-state index contributed by atoms with van der Waals surface area (Å²) in [5.74, 6) is 0.294. The number of carbonyl (C=O) groups excluding carboxylic acids is 1. The van der Waals surface area contributed by atoms with Crippen molar-refractivity contribution in [2.45, 2.75) is 43.9 Å². The number of amides is 2. The summed E-state index contributed by atoms with van der Waals surface area (Å²) in [5.41, 5.74) is -0.446. The summed E-state index contributed by atoms with van der Waals surface area (Å²) in [6.45, 7) is 1.88. The Morgan fingerprint density at radius 3 is 2.53 bits per heavy atom. The summed E-state index contributed by atoms with van der Waals surface area (Å²) < 4.78 is 39.1. The minimum absolute atomic E-state index is 0.0275. The molecule has 12 heteroatoms. The highest BCUT2D eigenvalue weighted by molar-refractivity contribution is 5.91. The topological polar surface area (TPSA) is 119 Å². The van der Waals surface area contributed by atoms with Crippen LogP contribution in [0.4, 0.5) is 23.8 Å². The predicted octanol–water partition coefficient (Wildman–Crippen LogP) is 2.69. The molecule has 2 aromatic rings. The molecule has 0 unspecified atom stereocenters. The number of alkyl halides is 3. The van der Waals surface area contributed by atoms with E-state index in [1.54, 1.807) is 0 Å². The number of benzene rings is 1. The Bertz CT molecular complexity index is 1040. The number of rotatable bonds is 7. The largest absolute Gasteiger partial charge is 0.465 e. The van der Waals surface area contributed by atoms with Crippen molar-refractivity contribution in [2.75, 3.05) is 31.5 Å². The van der Waals surface area contributed by atoms with Gasteiger partial charge in [-0.1, -0.05) is 0 Å². The molecule has 1 saturated heterocycles. The lowest BCUT2D eigenvalue weighted by atomic mass is 9.84. The first-order valence-corrected chi connectivity index (χ1v) is 11.2. The average Bonchev–Trinajstić information content (AvgIpc) is 2.78. The lowest BCUT2D eigenvalue weighted by Gasteiger charge is -2.46. The minimum atomic E-state index is -4.48. The van der Waals surface area contributed by atoms with Crippen LogP contribution in [0.25, 0.3) is 10.9 Å². The van der Waals surface area contributed by atoms with Gasteiger partial charge in [0.1, 0.15) is 12.1 Å². The summed E-state index contributed by atoms with van der Waals surface area (Å²) in [4.78, 5) is 33.3. The fraction of sp³-hybridized carbons (Fsp3) is 0.545. The molecule has 9 nitrogen and oxygen atoms in total. The van der Waals surface area contributed by atoms with Gasteiger partial charge in [-0.05, 0) is 49.8 Å². The van der Waals surface area contributed by atoms with Crippen LogP contribution in [0.5, 0.6) is 0 Å². The lowest BCUT2D eigenvalue weighted by molar-refractivity contribution is -0.137. The van der Waals surface area contributed by atoms with Crippen molar-refractivity contribution < 1.29 is 27.9 Å². The number of nitrogens with zero attached hydrogens (tertiary/aromatic N) is 3. The Kier molecular flexibility index (Phi) is 7.05. The molecule has 0 bridgehead atoms. The van der Waals surface area contributed by atoms with Crippen molar-refractivity contribution in [1.29, 1.82) is 0 Å². The molecule has 1 aliphatic heterocycles. The molecule has 2 amide bonds. The van der Waals surface area contributed by atoms with E-state index in [4.69, 9.17) is 5.11 Å². The van der Waals surface area contributed by atoms with Crippen LogP contribution in [0.2, 0.25) is 0 Å². The maximum atomic E-state index is 13.0. The predicted molar refractivity (Wildman–Crippen MR) is 118 cm³/mol. The number of hydrogen-bond donors (Lipinski definition) is 4. The monoisotopic (exact) mass is 480 g/mol. The van der Waals surface area contributed by atoms with Crippen molar-refractivity contribution >= 4 is 28.7 Å². The molecule has 0 spiro atoms. The van der Waals surface area contributed by atoms with E-state index in [9.17, 15) is 22.8 Å². The van der Waals surface area contributed by atoms with Crippen molar-refractivity contribution in [1.82, 2.24) is 25.5 Å². The number of halogens is 3. The third-order valence-corrected chi connectivity index (χ3v) is 6.53. The van der Waals surface area contributed by atoms with Crippen molar-refractivity contribution in [3.05, 3.63) is 30.1 Å². The highest BCUT2D eigenvalue weighted by Gasteiger charge is 2.35. The van der Waals surface area contributed by atoms with E-state index in [0.717, 1.165) is 50.9 Å². The fourth-order valence-electron chi connectivity index (χ4n) is 4.66. The van der Waals surface area contributed by atoms with Crippen LogP contribution in [0.3, 0.4) is 0 Å². The van der Waals surface area contributed by atoms with Gasteiger partial charge >= 0.3 is 12.3 Å². The van der Waals surface area contributed by atoms with Crippen LogP contribution in [0.15, 0.2) is 24.5 Å². The van der Waals surface area contributed by atoms with Crippen LogP contribution in [-0.4, -0.2) is 70.2 Å². The van der Waals surface area contributed by atoms with Gasteiger partial charge in [0.25, 0.3) is 0 Å². The number of anilines is 1. The zero-order valence-electron chi connectivity index (χ0n) is 18.4. The Labute approximate surface area is 194 Å². The van der Waals surface area contributed by atoms with E-state index in [1.807, 2.05) is 0 Å². The highest BCUT2D eigenvalue weighted by atomic mass is 19.4. The molecule has 0 atom stereocenters. The van der Waals surface area contributed by atoms with Crippen molar-refractivity contribution in [3.8, 4) is 0 Å². The number of carboxylic acid groups (broad SMARTS) is 1. The summed E-state index contributed by atoms with van der Waals surface area (Å²) >= 11 is 0. The van der Waals surface area contributed by atoms with E-state index < -0.39 is 17.8 Å². The lowest BCUT2D eigenvalue weighted by Crippen LogP contribution is -2.63. The molecule has 4 rings (SSSR count). The maximum Gasteiger partial charge on any atom is 0.416 e. The number of hydrogen-bond acceptors (Lipinski definition) is 6. The Morgan fingerprint density at radius 2 is 1.85 bits per heavy atom. The quantitative estimate of drug-likeness (QED) is 0.481. The molecule has 1 aliphatic carbocycles. The van der Waals surface area contributed by atoms with Crippen molar-refractivity contribution in [3.63, 3.8) is 0 Å². The van der Waals surface area contributed by atoms with Crippen LogP contribution in [0.1, 0.15) is 31.2 Å².